The summed E-state index contributed by atoms with van der Waals surface area (Å²) in [6.07, 6.45) is -0.108. The van der Waals surface area contributed by atoms with Gasteiger partial charge in [-0.3, -0.25) is 4.79 Å². The first kappa shape index (κ1) is 7.00. The maximum absolute atomic E-state index is 11.5. The molecule has 0 amide bonds. The lowest BCUT2D eigenvalue weighted by molar-refractivity contribution is -0.127. The fourth-order valence-corrected chi connectivity index (χ4v) is 1.97. The van der Waals surface area contributed by atoms with Gasteiger partial charge in [-0.1, -0.05) is 0 Å². The van der Waals surface area contributed by atoms with Gasteiger partial charge in [-0.2, -0.15) is 0 Å². The van der Waals surface area contributed by atoms with Crippen molar-refractivity contribution in [2.24, 2.45) is 0 Å². The highest BCUT2D eigenvalue weighted by atomic mass is 16.7. The van der Waals surface area contributed by atoms with E-state index >= 15 is 0 Å². The normalized spacial score (nSPS) is 53.4. The summed E-state index contributed by atoms with van der Waals surface area (Å²) >= 11 is 0. The van der Waals surface area contributed by atoms with Crippen LogP contribution in [-0.2, 0) is 19.0 Å². The van der Waals surface area contributed by atoms with Crippen molar-refractivity contribution in [3.8, 4) is 0 Å². The first-order valence-electron chi connectivity index (χ1n) is 4.25. The van der Waals surface area contributed by atoms with Crippen molar-refractivity contribution in [2.45, 2.75) is 30.8 Å². The van der Waals surface area contributed by atoms with Gasteiger partial charge in [0.15, 0.2) is 5.60 Å². The Morgan fingerprint density at radius 2 is 2.50 bits per heavy atom. The van der Waals surface area contributed by atoms with E-state index in [0.717, 1.165) is 0 Å². The van der Waals surface area contributed by atoms with Gasteiger partial charge >= 0.3 is 0 Å². The fourth-order valence-electron chi connectivity index (χ4n) is 1.97. The van der Waals surface area contributed by atoms with E-state index in [9.17, 15) is 4.79 Å². The van der Waals surface area contributed by atoms with Crippen molar-refractivity contribution in [1.29, 1.82) is 0 Å². The summed E-state index contributed by atoms with van der Waals surface area (Å²) in [5.41, 5.74) is -0.594. The van der Waals surface area contributed by atoms with Crippen molar-refractivity contribution in [3.63, 3.8) is 0 Å². The van der Waals surface area contributed by atoms with E-state index in [0.29, 0.717) is 13.2 Å². The molecule has 1 saturated carbocycles. The summed E-state index contributed by atoms with van der Waals surface area (Å²) in [5, 5.41) is 0. The Bertz CT molecular complexity index is 251. The average molecular weight is 170 g/mol. The van der Waals surface area contributed by atoms with Gasteiger partial charge in [-0.25, -0.2) is 0 Å². The van der Waals surface area contributed by atoms with Crippen molar-refractivity contribution < 1.29 is 19.0 Å². The summed E-state index contributed by atoms with van der Waals surface area (Å²) in [6, 6.07) is 0. The Hall–Kier alpha value is -0.450. The largest absolute Gasteiger partial charge is 0.378 e. The minimum atomic E-state index is -0.594. The van der Waals surface area contributed by atoms with Gasteiger partial charge in [0.1, 0.15) is 18.3 Å². The van der Waals surface area contributed by atoms with Gasteiger partial charge in [0.05, 0.1) is 6.61 Å². The molecule has 12 heavy (non-hydrogen) atoms. The van der Waals surface area contributed by atoms with Crippen LogP contribution >= 0.6 is 0 Å². The third-order valence-electron chi connectivity index (χ3n) is 2.76. The molecule has 0 unspecified atom stereocenters. The third kappa shape index (κ3) is 0.620. The molecule has 3 fully saturated rings. The first-order chi connectivity index (χ1) is 5.79. The molecule has 1 aliphatic carbocycles. The topological polar surface area (TPSA) is 51.4 Å². The Labute approximate surface area is 69.8 Å². The van der Waals surface area contributed by atoms with Gasteiger partial charge < -0.3 is 14.2 Å². The Balaban J connectivity index is 1.74. The van der Waals surface area contributed by atoms with Crippen LogP contribution in [0.25, 0.3) is 0 Å². The zero-order chi connectivity index (χ0) is 8.34. The highest BCUT2D eigenvalue weighted by molar-refractivity contribution is 6.01. The highest BCUT2D eigenvalue weighted by Gasteiger charge is 2.81. The third-order valence-corrected chi connectivity index (χ3v) is 2.76. The predicted molar refractivity (Wildman–Crippen MR) is 37.8 cm³/mol. The molecule has 4 heteroatoms. The van der Waals surface area contributed by atoms with Gasteiger partial charge in [-0.15, -0.1) is 0 Å². The minimum Gasteiger partial charge on any atom is -0.378 e. The lowest BCUT2D eigenvalue weighted by Crippen LogP contribution is -2.32. The summed E-state index contributed by atoms with van der Waals surface area (Å²) in [7, 11) is 0. The molecule has 2 saturated heterocycles. The van der Waals surface area contributed by atoms with E-state index in [4.69, 9.17) is 14.2 Å². The summed E-state index contributed by atoms with van der Waals surface area (Å²) in [6.45, 7) is 2.94. The number of hydrogen-bond donors (Lipinski definition) is 0. The van der Waals surface area contributed by atoms with Crippen LogP contribution in [0.3, 0.4) is 0 Å². The van der Waals surface area contributed by atoms with Gasteiger partial charge in [0, 0.05) is 6.61 Å². The van der Waals surface area contributed by atoms with Crippen LogP contribution in [0.4, 0.5) is 0 Å². The van der Waals surface area contributed by atoms with Gasteiger partial charge in [0.2, 0.25) is 5.78 Å². The van der Waals surface area contributed by atoms with E-state index in [-0.39, 0.29) is 24.1 Å². The average Bonchev–Trinajstić information content (AvgIpc) is 2.93. The first-order valence-corrected chi connectivity index (χ1v) is 4.25. The smallest absolute Gasteiger partial charge is 0.201 e. The van der Waals surface area contributed by atoms with Gasteiger partial charge in [0.25, 0.3) is 0 Å². The molecule has 0 aromatic heterocycles. The van der Waals surface area contributed by atoms with Crippen LogP contribution in [-0.4, -0.2) is 42.9 Å². The predicted octanol–water partition coefficient (Wildman–Crippen LogP) is -0.489. The lowest BCUT2D eigenvalue weighted by Gasteiger charge is -2.07. The molecule has 0 bridgehead atoms. The Morgan fingerprint density at radius 1 is 1.67 bits per heavy atom. The van der Waals surface area contributed by atoms with Crippen molar-refractivity contribution >= 4 is 5.78 Å². The van der Waals surface area contributed by atoms with E-state index < -0.39 is 5.60 Å². The number of fused-ring (bicyclic) bond motifs is 3. The maximum Gasteiger partial charge on any atom is 0.201 e. The van der Waals surface area contributed by atoms with Crippen LogP contribution < -0.4 is 0 Å². The SMILES string of the molecule is CCOC[C@@]12O[C@@H]1[C@H]1O[C@H]1C2=O. The van der Waals surface area contributed by atoms with Crippen LogP contribution in [0.5, 0.6) is 0 Å². The van der Waals surface area contributed by atoms with E-state index in [1.807, 2.05) is 6.92 Å². The molecule has 4 atom stereocenters. The van der Waals surface area contributed by atoms with Crippen molar-refractivity contribution in [3.05, 3.63) is 0 Å². The van der Waals surface area contributed by atoms with Crippen LogP contribution in [0.1, 0.15) is 6.92 Å². The Kier molecular flexibility index (Phi) is 1.10. The Morgan fingerprint density at radius 3 is 3.08 bits per heavy atom. The second kappa shape index (κ2) is 1.89. The van der Waals surface area contributed by atoms with Crippen molar-refractivity contribution in [1.82, 2.24) is 0 Å². The summed E-state index contributed by atoms with van der Waals surface area (Å²) < 4.78 is 15.6. The molecule has 0 radical (unpaired) electrons. The van der Waals surface area contributed by atoms with Gasteiger partial charge in [-0.05, 0) is 6.92 Å². The molecule has 3 rings (SSSR count). The van der Waals surface area contributed by atoms with Crippen LogP contribution in [0, 0.1) is 0 Å². The lowest BCUT2D eigenvalue weighted by atomic mass is 10.1. The summed E-state index contributed by atoms with van der Waals surface area (Å²) in [5.74, 6) is 0.0888. The molecule has 3 aliphatic rings. The number of ether oxygens (including phenoxy) is 3. The highest BCUT2D eigenvalue weighted by Crippen LogP contribution is 2.56. The number of rotatable bonds is 3. The molecule has 0 aromatic rings. The van der Waals surface area contributed by atoms with E-state index in [1.165, 1.54) is 0 Å². The standard InChI is InChI=1S/C8H10O4/c1-2-10-3-8-6(9)4-5(11-4)7(8)12-8/h4-5,7H,2-3H2,1H3/t4-,5+,7-,8+/m1/s1. The molecule has 2 aliphatic heterocycles. The number of hydrogen-bond acceptors (Lipinski definition) is 4. The molecule has 0 spiro atoms. The molecule has 0 aromatic carbocycles. The van der Waals surface area contributed by atoms with E-state index in [1.54, 1.807) is 0 Å². The number of epoxide rings is 2. The number of carbonyl (C=O) groups is 1. The molecular formula is C8H10O4. The molecule has 2 heterocycles. The van der Waals surface area contributed by atoms with Crippen LogP contribution in [0.15, 0.2) is 0 Å². The molecule has 66 valence electrons. The summed E-state index contributed by atoms with van der Waals surface area (Å²) in [4.78, 5) is 11.5. The quantitative estimate of drug-likeness (QED) is 0.536. The van der Waals surface area contributed by atoms with E-state index in [2.05, 4.69) is 0 Å². The zero-order valence-corrected chi connectivity index (χ0v) is 6.78. The monoisotopic (exact) mass is 170 g/mol. The van der Waals surface area contributed by atoms with Crippen molar-refractivity contribution in [2.75, 3.05) is 13.2 Å². The number of ketones is 1. The maximum atomic E-state index is 11.5. The second-order valence-electron chi connectivity index (χ2n) is 3.45. The fraction of sp³-hybridized carbons (Fsp3) is 0.875. The number of Topliss-reactive ketones (excluding diaryl/α,β-unsaturated/α-hetero) is 1. The van der Waals surface area contributed by atoms with Crippen LogP contribution in [0.2, 0.25) is 0 Å². The zero-order valence-electron chi connectivity index (χ0n) is 6.78. The molecular weight excluding hydrogens is 160 g/mol. The molecule has 4 nitrogen and oxygen atoms in total. The minimum absolute atomic E-state index is 0.00144. The molecule has 0 N–H and O–H groups in total. The number of carbonyl (C=O) groups excluding carboxylic acids is 1. The second-order valence-corrected chi connectivity index (χ2v) is 3.45.